The van der Waals surface area contributed by atoms with Crippen LogP contribution in [0.25, 0.3) is 0 Å². The van der Waals surface area contributed by atoms with Crippen molar-refractivity contribution >= 4 is 0 Å². The molecule has 0 aromatic heterocycles. The van der Waals surface area contributed by atoms with Crippen molar-refractivity contribution in [2.45, 2.75) is 97.0 Å². The zero-order valence-electron chi connectivity index (χ0n) is 15.8. The summed E-state index contributed by atoms with van der Waals surface area (Å²) in [4.78, 5) is 0. The number of unbranched alkanes of at least 4 members (excludes halogenated alkanes) is 2. The van der Waals surface area contributed by atoms with Crippen LogP contribution in [0.5, 0.6) is 0 Å². The van der Waals surface area contributed by atoms with E-state index in [-0.39, 0.29) is 0 Å². The first-order valence-corrected chi connectivity index (χ1v) is 10.5. The third kappa shape index (κ3) is 6.25. The Hall–Kier alpha value is -0.300. The predicted molar refractivity (Wildman–Crippen MR) is 101 cm³/mol. The largest absolute Gasteiger partial charge is 0.374 e. The van der Waals surface area contributed by atoms with Gasteiger partial charge in [-0.3, -0.25) is 0 Å². The van der Waals surface area contributed by atoms with E-state index in [1.807, 2.05) is 6.08 Å². The van der Waals surface area contributed by atoms with E-state index >= 15 is 0 Å². The van der Waals surface area contributed by atoms with Crippen molar-refractivity contribution in [3.05, 3.63) is 12.7 Å². The van der Waals surface area contributed by atoms with E-state index in [2.05, 4.69) is 20.4 Å². The number of ether oxygens (including phenoxy) is 1. The Labute approximate surface area is 145 Å². The molecule has 0 heterocycles. The Morgan fingerprint density at radius 2 is 1.57 bits per heavy atom. The van der Waals surface area contributed by atoms with Gasteiger partial charge in [0.25, 0.3) is 0 Å². The van der Waals surface area contributed by atoms with Crippen LogP contribution in [0, 0.1) is 23.7 Å². The van der Waals surface area contributed by atoms with Gasteiger partial charge in [-0.1, -0.05) is 51.5 Å². The van der Waals surface area contributed by atoms with Crippen molar-refractivity contribution in [2.24, 2.45) is 23.7 Å². The van der Waals surface area contributed by atoms with Crippen LogP contribution in [0.15, 0.2) is 12.7 Å². The summed E-state index contributed by atoms with van der Waals surface area (Å²) >= 11 is 0. The quantitative estimate of drug-likeness (QED) is 0.336. The summed E-state index contributed by atoms with van der Waals surface area (Å²) in [6, 6.07) is 0. The summed E-state index contributed by atoms with van der Waals surface area (Å²) in [5, 5.41) is 0. The first-order valence-electron chi connectivity index (χ1n) is 10.5. The molecule has 1 heteroatoms. The fraction of sp³-hybridized carbons (Fsp3) is 0.909. The van der Waals surface area contributed by atoms with Gasteiger partial charge in [0.2, 0.25) is 0 Å². The van der Waals surface area contributed by atoms with Crippen LogP contribution in [-0.2, 0) is 4.74 Å². The normalized spacial score (nSPS) is 33.3. The summed E-state index contributed by atoms with van der Waals surface area (Å²) < 4.78 is 5.85. The first-order chi connectivity index (χ1) is 11.2. The van der Waals surface area contributed by atoms with Gasteiger partial charge >= 0.3 is 0 Å². The van der Waals surface area contributed by atoms with Crippen molar-refractivity contribution < 1.29 is 4.74 Å². The maximum absolute atomic E-state index is 5.85. The number of hydrogen-bond donors (Lipinski definition) is 0. The summed E-state index contributed by atoms with van der Waals surface area (Å²) in [6.45, 7) is 9.04. The summed E-state index contributed by atoms with van der Waals surface area (Å²) in [5.74, 6) is 3.91. The molecule has 1 atom stereocenters. The molecule has 2 fully saturated rings. The molecule has 2 saturated carbocycles. The lowest BCUT2D eigenvalue weighted by Gasteiger charge is -2.39. The van der Waals surface area contributed by atoms with E-state index in [9.17, 15) is 0 Å². The van der Waals surface area contributed by atoms with Gasteiger partial charge in [0.05, 0.1) is 12.7 Å². The van der Waals surface area contributed by atoms with Crippen LogP contribution >= 0.6 is 0 Å². The SMILES string of the molecule is C=CCOC(C)C1CCC(C2CCC(CCCCC)CC2)CC1. The molecule has 2 aliphatic rings. The Bertz CT molecular complexity index is 308. The third-order valence-electron chi connectivity index (χ3n) is 6.73. The van der Waals surface area contributed by atoms with E-state index in [0.29, 0.717) is 12.7 Å². The fourth-order valence-electron chi connectivity index (χ4n) is 5.07. The molecule has 1 unspecified atom stereocenters. The highest BCUT2D eigenvalue weighted by atomic mass is 16.5. The molecule has 0 aromatic carbocycles. The van der Waals surface area contributed by atoms with Crippen LogP contribution in [0.3, 0.4) is 0 Å². The third-order valence-corrected chi connectivity index (χ3v) is 6.73. The van der Waals surface area contributed by atoms with E-state index in [0.717, 1.165) is 23.7 Å². The molecule has 0 N–H and O–H groups in total. The van der Waals surface area contributed by atoms with E-state index in [1.165, 1.54) is 77.0 Å². The van der Waals surface area contributed by atoms with Crippen LogP contribution in [0.2, 0.25) is 0 Å². The monoisotopic (exact) mass is 320 g/mol. The minimum absolute atomic E-state index is 0.420. The molecule has 2 aliphatic carbocycles. The molecular formula is C22H40O. The summed E-state index contributed by atoms with van der Waals surface area (Å²) in [7, 11) is 0. The molecule has 0 bridgehead atoms. The lowest BCUT2D eigenvalue weighted by atomic mass is 9.68. The standard InChI is InChI=1S/C22H40O/c1-4-6-7-8-19-9-11-21(12-10-19)22-15-13-20(14-16-22)18(3)23-17-5-2/h5,18-22H,2,4,6-17H2,1,3H3. The van der Waals surface area contributed by atoms with E-state index in [4.69, 9.17) is 4.74 Å². The Balaban J connectivity index is 1.63. The highest BCUT2D eigenvalue weighted by molar-refractivity contribution is 4.84. The van der Waals surface area contributed by atoms with Gasteiger partial charge in [-0.15, -0.1) is 6.58 Å². The Morgan fingerprint density at radius 3 is 2.13 bits per heavy atom. The minimum Gasteiger partial charge on any atom is -0.374 e. The van der Waals surface area contributed by atoms with Crippen molar-refractivity contribution in [1.29, 1.82) is 0 Å². The van der Waals surface area contributed by atoms with Gasteiger partial charge in [0.1, 0.15) is 0 Å². The molecular weight excluding hydrogens is 280 g/mol. The lowest BCUT2D eigenvalue weighted by molar-refractivity contribution is 0.0153. The maximum atomic E-state index is 5.85. The Morgan fingerprint density at radius 1 is 0.957 bits per heavy atom. The van der Waals surface area contributed by atoms with Gasteiger partial charge in [0.15, 0.2) is 0 Å². The molecule has 0 aromatic rings. The smallest absolute Gasteiger partial charge is 0.0648 e. The molecule has 23 heavy (non-hydrogen) atoms. The lowest BCUT2D eigenvalue weighted by Crippen LogP contribution is -2.30. The van der Waals surface area contributed by atoms with Crippen LogP contribution < -0.4 is 0 Å². The second-order valence-electron chi connectivity index (χ2n) is 8.28. The van der Waals surface area contributed by atoms with Crippen molar-refractivity contribution in [3.8, 4) is 0 Å². The van der Waals surface area contributed by atoms with Gasteiger partial charge in [-0.05, 0) is 69.1 Å². The maximum Gasteiger partial charge on any atom is 0.0648 e. The zero-order valence-corrected chi connectivity index (χ0v) is 15.8. The molecule has 1 nitrogen and oxygen atoms in total. The van der Waals surface area contributed by atoms with Crippen molar-refractivity contribution in [1.82, 2.24) is 0 Å². The van der Waals surface area contributed by atoms with Gasteiger partial charge in [-0.25, -0.2) is 0 Å². The fourth-order valence-corrected chi connectivity index (χ4v) is 5.07. The second kappa shape index (κ2) is 10.5. The Kier molecular flexibility index (Phi) is 8.72. The molecule has 0 aliphatic heterocycles. The zero-order chi connectivity index (χ0) is 16.5. The van der Waals surface area contributed by atoms with Gasteiger partial charge in [-0.2, -0.15) is 0 Å². The molecule has 0 saturated heterocycles. The topological polar surface area (TPSA) is 9.23 Å². The molecule has 0 radical (unpaired) electrons. The summed E-state index contributed by atoms with van der Waals surface area (Å²) in [5.41, 5.74) is 0. The predicted octanol–water partition coefficient (Wildman–Crippen LogP) is 6.77. The van der Waals surface area contributed by atoms with Crippen LogP contribution in [-0.4, -0.2) is 12.7 Å². The van der Waals surface area contributed by atoms with Crippen LogP contribution in [0.1, 0.15) is 90.9 Å². The summed E-state index contributed by atoms with van der Waals surface area (Å²) in [6.07, 6.45) is 19.9. The van der Waals surface area contributed by atoms with E-state index < -0.39 is 0 Å². The highest BCUT2D eigenvalue weighted by Gasteiger charge is 2.32. The van der Waals surface area contributed by atoms with Crippen molar-refractivity contribution in [2.75, 3.05) is 6.61 Å². The first kappa shape index (κ1) is 19.0. The molecule has 134 valence electrons. The van der Waals surface area contributed by atoms with Crippen molar-refractivity contribution in [3.63, 3.8) is 0 Å². The molecule has 2 rings (SSSR count). The average Bonchev–Trinajstić information content (AvgIpc) is 2.61. The van der Waals surface area contributed by atoms with Gasteiger partial charge in [0, 0.05) is 0 Å². The number of rotatable bonds is 9. The average molecular weight is 321 g/mol. The second-order valence-corrected chi connectivity index (χ2v) is 8.28. The highest BCUT2D eigenvalue weighted by Crippen LogP contribution is 2.43. The molecule has 0 spiro atoms. The molecule has 0 amide bonds. The minimum atomic E-state index is 0.420. The van der Waals surface area contributed by atoms with Crippen LogP contribution in [0.4, 0.5) is 0 Å². The van der Waals surface area contributed by atoms with E-state index in [1.54, 1.807) is 0 Å². The van der Waals surface area contributed by atoms with Gasteiger partial charge < -0.3 is 4.74 Å². The number of hydrogen-bond acceptors (Lipinski definition) is 1.